The normalized spacial score (nSPS) is 39.9. The van der Waals surface area contributed by atoms with Crippen LogP contribution in [0.3, 0.4) is 0 Å². The molecule has 2 fully saturated rings. The molecule has 2 saturated carbocycles. The minimum atomic E-state index is -1.17. The van der Waals surface area contributed by atoms with Crippen LogP contribution in [-0.4, -0.2) is 44.7 Å². The SMILES string of the molecule is CCC(C)(C)C(=O)OC1(CO)CC2(O)CCCC(O)(C2)C1. The van der Waals surface area contributed by atoms with Gasteiger partial charge in [0, 0.05) is 19.3 Å². The van der Waals surface area contributed by atoms with Crippen LogP contribution in [0.5, 0.6) is 0 Å². The minimum Gasteiger partial charge on any atom is -0.456 e. The van der Waals surface area contributed by atoms with E-state index in [0.29, 0.717) is 25.7 Å². The van der Waals surface area contributed by atoms with Crippen molar-refractivity contribution >= 4 is 5.97 Å². The van der Waals surface area contributed by atoms with E-state index in [4.69, 9.17) is 4.74 Å². The van der Waals surface area contributed by atoms with Crippen molar-refractivity contribution in [1.29, 1.82) is 0 Å². The zero-order valence-corrected chi connectivity index (χ0v) is 13.3. The first kappa shape index (κ1) is 16.7. The van der Waals surface area contributed by atoms with Gasteiger partial charge in [-0.1, -0.05) is 6.92 Å². The molecule has 2 bridgehead atoms. The first-order chi connectivity index (χ1) is 9.58. The Kier molecular flexibility index (Phi) is 4.15. The van der Waals surface area contributed by atoms with Crippen molar-refractivity contribution in [2.45, 2.75) is 82.5 Å². The fraction of sp³-hybridized carbons (Fsp3) is 0.938. The van der Waals surface area contributed by atoms with Crippen LogP contribution in [0, 0.1) is 5.41 Å². The lowest BCUT2D eigenvalue weighted by molar-refractivity contribution is -0.230. The number of ether oxygens (including phenoxy) is 1. The number of aliphatic hydroxyl groups is 3. The number of carbonyl (C=O) groups excluding carboxylic acids is 1. The molecule has 5 heteroatoms. The third kappa shape index (κ3) is 3.25. The second kappa shape index (κ2) is 5.21. The van der Waals surface area contributed by atoms with Crippen LogP contribution in [0.25, 0.3) is 0 Å². The van der Waals surface area contributed by atoms with E-state index in [0.717, 1.165) is 6.42 Å². The number of hydrogen-bond acceptors (Lipinski definition) is 5. The van der Waals surface area contributed by atoms with Crippen molar-refractivity contribution in [3.8, 4) is 0 Å². The van der Waals surface area contributed by atoms with Crippen molar-refractivity contribution in [1.82, 2.24) is 0 Å². The van der Waals surface area contributed by atoms with Crippen LogP contribution in [-0.2, 0) is 9.53 Å². The topological polar surface area (TPSA) is 87.0 Å². The second-order valence-electron chi connectivity index (χ2n) is 7.80. The highest BCUT2D eigenvalue weighted by Crippen LogP contribution is 2.51. The van der Waals surface area contributed by atoms with Gasteiger partial charge in [-0.2, -0.15) is 0 Å². The van der Waals surface area contributed by atoms with Gasteiger partial charge in [-0.05, 0) is 39.5 Å². The molecule has 2 aliphatic carbocycles. The molecule has 3 N–H and O–H groups in total. The highest BCUT2D eigenvalue weighted by Gasteiger charge is 2.57. The van der Waals surface area contributed by atoms with Gasteiger partial charge in [0.05, 0.1) is 23.2 Å². The molecule has 0 aromatic rings. The maximum atomic E-state index is 12.4. The predicted octanol–water partition coefficient (Wildman–Crippen LogP) is 1.53. The molecule has 2 atom stereocenters. The molecule has 0 radical (unpaired) electrons. The molecular formula is C16H28O5. The summed E-state index contributed by atoms with van der Waals surface area (Å²) in [6.07, 6.45) is 3.23. The van der Waals surface area contributed by atoms with Crippen molar-refractivity contribution < 1.29 is 24.9 Å². The van der Waals surface area contributed by atoms with E-state index < -0.39 is 22.2 Å². The zero-order valence-electron chi connectivity index (χ0n) is 13.3. The number of esters is 1. The first-order valence-corrected chi connectivity index (χ1v) is 7.87. The predicted molar refractivity (Wildman–Crippen MR) is 77.6 cm³/mol. The smallest absolute Gasteiger partial charge is 0.312 e. The number of rotatable bonds is 4. The largest absolute Gasteiger partial charge is 0.456 e. The van der Waals surface area contributed by atoms with E-state index in [-0.39, 0.29) is 25.4 Å². The van der Waals surface area contributed by atoms with Crippen LogP contribution < -0.4 is 0 Å². The van der Waals surface area contributed by atoms with Crippen LogP contribution in [0.4, 0.5) is 0 Å². The molecule has 2 aliphatic rings. The highest BCUT2D eigenvalue weighted by molar-refractivity contribution is 5.76. The summed E-state index contributed by atoms with van der Waals surface area (Å²) in [5, 5.41) is 31.1. The summed E-state index contributed by atoms with van der Waals surface area (Å²) in [5.41, 5.74) is -3.92. The molecule has 0 aliphatic heterocycles. The average molecular weight is 300 g/mol. The monoisotopic (exact) mass is 300 g/mol. The number of fused-ring (bicyclic) bond motifs is 2. The summed E-state index contributed by atoms with van der Waals surface area (Å²) >= 11 is 0. The van der Waals surface area contributed by atoms with Gasteiger partial charge in [-0.15, -0.1) is 0 Å². The fourth-order valence-electron chi connectivity index (χ4n) is 3.79. The standard InChI is InChI=1S/C16H28O5/c1-4-13(2,3)12(18)21-16(11-17)9-14(19)6-5-7-15(20,8-14)10-16/h17,19-20H,4-11H2,1-3H3. The van der Waals surface area contributed by atoms with Gasteiger partial charge < -0.3 is 20.1 Å². The van der Waals surface area contributed by atoms with Gasteiger partial charge >= 0.3 is 5.97 Å². The Bertz CT molecular complexity index is 401. The zero-order chi connectivity index (χ0) is 15.9. The van der Waals surface area contributed by atoms with Crippen molar-refractivity contribution in [3.05, 3.63) is 0 Å². The quantitative estimate of drug-likeness (QED) is 0.685. The molecule has 0 amide bonds. The van der Waals surface area contributed by atoms with E-state index in [2.05, 4.69) is 0 Å². The summed E-state index contributed by atoms with van der Waals surface area (Å²) in [5.74, 6) is -0.383. The maximum Gasteiger partial charge on any atom is 0.312 e. The second-order valence-corrected chi connectivity index (χ2v) is 7.80. The molecule has 2 rings (SSSR count). The highest BCUT2D eigenvalue weighted by atomic mass is 16.6. The van der Waals surface area contributed by atoms with Gasteiger partial charge in [0.2, 0.25) is 0 Å². The summed E-state index contributed by atoms with van der Waals surface area (Å²) in [7, 11) is 0. The van der Waals surface area contributed by atoms with Crippen molar-refractivity contribution in [2.24, 2.45) is 5.41 Å². The number of hydrogen-bond donors (Lipinski definition) is 3. The molecule has 21 heavy (non-hydrogen) atoms. The van der Waals surface area contributed by atoms with E-state index in [9.17, 15) is 20.1 Å². The Morgan fingerprint density at radius 2 is 1.67 bits per heavy atom. The fourth-order valence-corrected chi connectivity index (χ4v) is 3.79. The maximum absolute atomic E-state index is 12.4. The van der Waals surface area contributed by atoms with Gasteiger partial charge in [0.25, 0.3) is 0 Å². The molecule has 122 valence electrons. The van der Waals surface area contributed by atoms with Crippen LogP contribution in [0.2, 0.25) is 0 Å². The Hall–Kier alpha value is -0.650. The van der Waals surface area contributed by atoms with E-state index in [1.54, 1.807) is 13.8 Å². The Labute approximate surface area is 126 Å². The van der Waals surface area contributed by atoms with Crippen LogP contribution >= 0.6 is 0 Å². The Balaban J connectivity index is 2.24. The van der Waals surface area contributed by atoms with Crippen LogP contribution in [0.1, 0.15) is 65.7 Å². The summed E-state index contributed by atoms with van der Waals surface area (Å²) < 4.78 is 5.64. The molecule has 0 spiro atoms. The summed E-state index contributed by atoms with van der Waals surface area (Å²) in [6, 6.07) is 0. The van der Waals surface area contributed by atoms with E-state index >= 15 is 0 Å². The molecule has 0 saturated heterocycles. The summed E-state index contributed by atoms with van der Waals surface area (Å²) in [4.78, 5) is 12.4. The summed E-state index contributed by atoms with van der Waals surface area (Å²) in [6.45, 7) is 5.13. The molecule has 5 nitrogen and oxygen atoms in total. The lowest BCUT2D eigenvalue weighted by Crippen LogP contribution is -2.62. The minimum absolute atomic E-state index is 0.199. The van der Waals surface area contributed by atoms with Crippen LogP contribution in [0.15, 0.2) is 0 Å². The first-order valence-electron chi connectivity index (χ1n) is 7.87. The number of carbonyl (C=O) groups is 1. The molecule has 0 heterocycles. The third-order valence-electron chi connectivity index (χ3n) is 5.28. The van der Waals surface area contributed by atoms with Gasteiger partial charge in [0.1, 0.15) is 5.60 Å². The lowest BCUT2D eigenvalue weighted by atomic mass is 9.61. The third-order valence-corrected chi connectivity index (χ3v) is 5.28. The molecule has 2 unspecified atom stereocenters. The average Bonchev–Trinajstić information content (AvgIpc) is 2.36. The van der Waals surface area contributed by atoms with Gasteiger partial charge in [0.15, 0.2) is 0 Å². The Morgan fingerprint density at radius 1 is 1.14 bits per heavy atom. The van der Waals surface area contributed by atoms with E-state index in [1.807, 2.05) is 6.92 Å². The van der Waals surface area contributed by atoms with Gasteiger partial charge in [-0.3, -0.25) is 4.79 Å². The lowest BCUT2D eigenvalue weighted by Gasteiger charge is -2.54. The number of aliphatic hydroxyl groups excluding tert-OH is 1. The Morgan fingerprint density at radius 3 is 2.10 bits per heavy atom. The molecule has 0 aromatic heterocycles. The molecule has 0 aromatic carbocycles. The van der Waals surface area contributed by atoms with E-state index in [1.165, 1.54) is 0 Å². The van der Waals surface area contributed by atoms with Gasteiger partial charge in [-0.25, -0.2) is 0 Å². The molecular weight excluding hydrogens is 272 g/mol. The van der Waals surface area contributed by atoms with Crippen molar-refractivity contribution in [3.63, 3.8) is 0 Å². The van der Waals surface area contributed by atoms with Crippen molar-refractivity contribution in [2.75, 3.05) is 6.61 Å².